The van der Waals surface area contributed by atoms with Crippen LogP contribution < -0.4 is 4.72 Å². The van der Waals surface area contributed by atoms with Crippen molar-refractivity contribution < 1.29 is 26.4 Å². The summed E-state index contributed by atoms with van der Waals surface area (Å²) in [4.78, 5) is 11.8. The lowest BCUT2D eigenvalue weighted by atomic mass is 10.2. The van der Waals surface area contributed by atoms with Crippen LogP contribution >= 0.6 is 11.6 Å². The Balaban J connectivity index is 2.11. The number of hydrogen-bond acceptors (Lipinski definition) is 4. The van der Waals surface area contributed by atoms with Gasteiger partial charge < -0.3 is 0 Å². The van der Waals surface area contributed by atoms with E-state index in [-0.39, 0.29) is 10.5 Å². The van der Waals surface area contributed by atoms with E-state index in [1.807, 2.05) is 4.72 Å². The van der Waals surface area contributed by atoms with Crippen molar-refractivity contribution in [3.63, 3.8) is 0 Å². The molecule has 25 heavy (non-hydrogen) atoms. The highest BCUT2D eigenvalue weighted by molar-refractivity contribution is 7.90. The molecule has 0 bridgehead atoms. The zero-order valence-electron chi connectivity index (χ0n) is 12.8. The number of carbonyl (C=O) groups excluding carboxylic acids is 1. The van der Waals surface area contributed by atoms with Crippen LogP contribution in [0.15, 0.2) is 35.5 Å². The zero-order valence-corrected chi connectivity index (χ0v) is 14.4. The van der Waals surface area contributed by atoms with Crippen LogP contribution in [0.25, 0.3) is 0 Å². The quantitative estimate of drug-likeness (QED) is 0.844. The van der Waals surface area contributed by atoms with E-state index in [0.717, 1.165) is 17.1 Å². The summed E-state index contributed by atoms with van der Waals surface area (Å²) in [6.45, 7) is 1.13. The maximum atomic E-state index is 12.2. The molecule has 1 N–H and O–H groups in total. The molecule has 1 aromatic heterocycles. The minimum absolute atomic E-state index is 0.160. The minimum atomic E-state index is -4.36. The summed E-state index contributed by atoms with van der Waals surface area (Å²) in [6.07, 6.45) is -3.43. The maximum absolute atomic E-state index is 12.2. The molecule has 1 amide bonds. The molecule has 136 valence electrons. The summed E-state index contributed by atoms with van der Waals surface area (Å²) in [5, 5.41) is 3.98. The Morgan fingerprint density at radius 1 is 1.36 bits per heavy atom. The first-order chi connectivity index (χ1) is 11.5. The Labute approximate surface area is 146 Å². The number of nitrogens with zero attached hydrogens (tertiary/aromatic N) is 2. The molecular weight excluding hydrogens is 383 g/mol. The van der Waals surface area contributed by atoms with Crippen LogP contribution in [0.2, 0.25) is 5.02 Å². The van der Waals surface area contributed by atoms with Gasteiger partial charge in [-0.15, -0.1) is 0 Å². The molecule has 11 heteroatoms. The summed E-state index contributed by atoms with van der Waals surface area (Å²) in [7, 11) is -4.15. The first-order valence-electron chi connectivity index (χ1n) is 6.90. The highest BCUT2D eigenvalue weighted by atomic mass is 35.5. The average molecular weight is 396 g/mol. The lowest BCUT2D eigenvalue weighted by molar-refractivity contribution is -0.137. The van der Waals surface area contributed by atoms with E-state index < -0.39 is 35.1 Å². The van der Waals surface area contributed by atoms with E-state index in [9.17, 15) is 26.4 Å². The summed E-state index contributed by atoms with van der Waals surface area (Å²) < 4.78 is 63.6. The molecule has 0 atom stereocenters. The predicted molar refractivity (Wildman–Crippen MR) is 83.7 cm³/mol. The fourth-order valence-electron chi connectivity index (χ4n) is 1.87. The number of sulfonamides is 1. The molecule has 0 aliphatic rings. The largest absolute Gasteiger partial charge is 0.390 e. The number of hydrogen-bond donors (Lipinski definition) is 1. The van der Waals surface area contributed by atoms with E-state index in [1.54, 1.807) is 6.92 Å². The standard InChI is InChI=1S/C14H13ClF3N3O3S/c1-9-6-11(2-3-12(9)15)25(23,24)20-13(22)10-7-19-21(8-10)5-4-14(16,17)18/h2-3,6-8H,4-5H2,1H3,(H,20,22). The summed E-state index contributed by atoms with van der Waals surface area (Å²) in [6, 6.07) is 3.91. The molecule has 2 aromatic rings. The van der Waals surface area contributed by atoms with Gasteiger partial charge in [-0.3, -0.25) is 9.48 Å². The number of amides is 1. The van der Waals surface area contributed by atoms with Crippen molar-refractivity contribution >= 4 is 27.5 Å². The monoisotopic (exact) mass is 395 g/mol. The maximum Gasteiger partial charge on any atom is 0.390 e. The number of nitrogens with one attached hydrogen (secondary N) is 1. The molecule has 0 aliphatic heterocycles. The van der Waals surface area contributed by atoms with Crippen molar-refractivity contribution in [2.24, 2.45) is 0 Å². The molecule has 1 heterocycles. The Morgan fingerprint density at radius 2 is 2.04 bits per heavy atom. The molecule has 0 saturated carbocycles. The molecular formula is C14H13ClF3N3O3S. The highest BCUT2D eigenvalue weighted by Crippen LogP contribution is 2.21. The van der Waals surface area contributed by atoms with Crippen LogP contribution in [-0.4, -0.2) is 30.3 Å². The van der Waals surface area contributed by atoms with Crippen molar-refractivity contribution in [3.05, 3.63) is 46.7 Å². The topological polar surface area (TPSA) is 81.1 Å². The van der Waals surface area contributed by atoms with E-state index in [1.165, 1.54) is 18.2 Å². The molecule has 0 spiro atoms. The van der Waals surface area contributed by atoms with E-state index in [2.05, 4.69) is 5.10 Å². The van der Waals surface area contributed by atoms with Crippen molar-refractivity contribution in [1.82, 2.24) is 14.5 Å². The van der Waals surface area contributed by atoms with Gasteiger partial charge in [0, 0.05) is 17.8 Å². The lowest BCUT2D eigenvalue weighted by Gasteiger charge is -2.07. The van der Waals surface area contributed by atoms with E-state index in [4.69, 9.17) is 11.6 Å². The number of aromatic nitrogens is 2. The molecule has 0 radical (unpaired) electrons. The smallest absolute Gasteiger partial charge is 0.272 e. The minimum Gasteiger partial charge on any atom is -0.272 e. The number of halogens is 4. The van der Waals surface area contributed by atoms with Crippen molar-refractivity contribution in [2.75, 3.05) is 0 Å². The number of rotatable bonds is 5. The number of carbonyl (C=O) groups is 1. The first-order valence-corrected chi connectivity index (χ1v) is 8.76. The van der Waals surface area contributed by atoms with Crippen molar-refractivity contribution in [3.8, 4) is 0 Å². The first kappa shape index (κ1) is 19.3. The number of aryl methyl sites for hydroxylation is 2. The van der Waals surface area contributed by atoms with Crippen LogP contribution in [0, 0.1) is 6.92 Å². The summed E-state index contributed by atoms with van der Waals surface area (Å²) in [5.41, 5.74) is 0.341. The van der Waals surface area contributed by atoms with Crippen molar-refractivity contribution in [1.29, 1.82) is 0 Å². The fraction of sp³-hybridized carbons (Fsp3) is 0.286. The van der Waals surface area contributed by atoms with E-state index in [0.29, 0.717) is 10.6 Å². The third-order valence-corrected chi connectivity index (χ3v) is 4.94. The van der Waals surface area contributed by atoms with Gasteiger partial charge in [0.25, 0.3) is 15.9 Å². The van der Waals surface area contributed by atoms with Crippen LogP contribution in [-0.2, 0) is 16.6 Å². The van der Waals surface area contributed by atoms with Crippen LogP contribution in [0.1, 0.15) is 22.3 Å². The molecule has 0 saturated heterocycles. The molecule has 6 nitrogen and oxygen atoms in total. The van der Waals surface area contributed by atoms with Gasteiger partial charge >= 0.3 is 6.18 Å². The molecule has 0 aliphatic carbocycles. The Morgan fingerprint density at radius 3 is 2.64 bits per heavy atom. The summed E-state index contributed by atoms with van der Waals surface area (Å²) >= 11 is 5.82. The number of benzene rings is 1. The second-order valence-corrected chi connectivity index (χ2v) is 7.29. The van der Waals surface area contributed by atoms with Gasteiger partial charge in [0.15, 0.2) is 0 Å². The van der Waals surface area contributed by atoms with Gasteiger partial charge in [0.2, 0.25) is 0 Å². The highest BCUT2D eigenvalue weighted by Gasteiger charge is 2.27. The summed E-state index contributed by atoms with van der Waals surface area (Å²) in [5.74, 6) is -0.995. The zero-order chi connectivity index (χ0) is 18.8. The molecule has 0 unspecified atom stereocenters. The Kier molecular flexibility index (Phi) is 5.43. The van der Waals surface area contributed by atoms with Gasteiger partial charge in [0.05, 0.1) is 23.1 Å². The third-order valence-electron chi connectivity index (χ3n) is 3.19. The van der Waals surface area contributed by atoms with Crippen LogP contribution in [0.4, 0.5) is 13.2 Å². The molecule has 2 rings (SSSR count). The normalized spacial score (nSPS) is 12.2. The molecule has 0 fully saturated rings. The number of alkyl halides is 3. The third kappa shape index (κ3) is 5.20. The van der Waals surface area contributed by atoms with Crippen molar-refractivity contribution in [2.45, 2.75) is 31.0 Å². The van der Waals surface area contributed by atoms with Gasteiger partial charge in [-0.1, -0.05) is 11.6 Å². The Hall–Kier alpha value is -2.07. The van der Waals surface area contributed by atoms with Crippen LogP contribution in [0.5, 0.6) is 0 Å². The molecule has 1 aromatic carbocycles. The lowest BCUT2D eigenvalue weighted by Crippen LogP contribution is -2.30. The average Bonchev–Trinajstić information content (AvgIpc) is 2.96. The SMILES string of the molecule is Cc1cc(S(=O)(=O)NC(=O)c2cnn(CCC(F)(F)F)c2)ccc1Cl. The predicted octanol–water partition coefficient (Wildman–Crippen LogP) is 2.92. The van der Waals surface area contributed by atoms with Gasteiger partial charge in [-0.2, -0.15) is 18.3 Å². The van der Waals surface area contributed by atoms with Gasteiger partial charge in [-0.05, 0) is 30.7 Å². The van der Waals surface area contributed by atoms with Crippen LogP contribution in [0.3, 0.4) is 0 Å². The Bertz CT molecular complexity index is 894. The second-order valence-electron chi connectivity index (χ2n) is 5.20. The fourth-order valence-corrected chi connectivity index (χ4v) is 3.05. The van der Waals surface area contributed by atoms with Gasteiger partial charge in [0.1, 0.15) is 0 Å². The second kappa shape index (κ2) is 7.04. The van der Waals surface area contributed by atoms with E-state index >= 15 is 0 Å². The van der Waals surface area contributed by atoms with Gasteiger partial charge in [-0.25, -0.2) is 13.1 Å².